The standard InChI is InChI=1S/C20H26O4/c1-4-22-19(21)12-8-11-17-15-18(24-20(2,3)23-17)14-13-16-9-6-5-7-10-16/h5-10,12-14,17-18H,4,11,15H2,1-3H3/b12-8+,14-13+/t17-,18-/m0/s1. The highest BCUT2D eigenvalue weighted by Gasteiger charge is 2.33. The monoisotopic (exact) mass is 330 g/mol. The van der Waals surface area contributed by atoms with Gasteiger partial charge in [0.25, 0.3) is 0 Å². The summed E-state index contributed by atoms with van der Waals surface area (Å²) in [6, 6.07) is 10.1. The van der Waals surface area contributed by atoms with Gasteiger partial charge in [0.15, 0.2) is 5.79 Å². The van der Waals surface area contributed by atoms with Crippen molar-refractivity contribution in [3.05, 3.63) is 54.1 Å². The molecule has 1 aliphatic heterocycles. The first-order valence-corrected chi connectivity index (χ1v) is 8.40. The van der Waals surface area contributed by atoms with E-state index in [0.29, 0.717) is 13.0 Å². The highest BCUT2D eigenvalue weighted by Crippen LogP contribution is 2.29. The summed E-state index contributed by atoms with van der Waals surface area (Å²) >= 11 is 0. The minimum Gasteiger partial charge on any atom is -0.463 e. The van der Waals surface area contributed by atoms with E-state index in [1.165, 1.54) is 6.08 Å². The van der Waals surface area contributed by atoms with E-state index in [1.54, 1.807) is 6.92 Å². The molecule has 0 aromatic heterocycles. The van der Waals surface area contributed by atoms with Gasteiger partial charge in [-0.1, -0.05) is 48.6 Å². The Balaban J connectivity index is 1.94. The van der Waals surface area contributed by atoms with Crippen LogP contribution in [0.5, 0.6) is 0 Å². The fourth-order valence-corrected chi connectivity index (χ4v) is 2.70. The molecule has 1 saturated heterocycles. The van der Waals surface area contributed by atoms with Crippen molar-refractivity contribution in [3.8, 4) is 0 Å². The van der Waals surface area contributed by atoms with Crippen molar-refractivity contribution >= 4 is 12.0 Å². The van der Waals surface area contributed by atoms with E-state index < -0.39 is 5.79 Å². The molecule has 0 spiro atoms. The molecule has 4 heteroatoms. The molecule has 4 nitrogen and oxygen atoms in total. The van der Waals surface area contributed by atoms with Crippen molar-refractivity contribution in [2.75, 3.05) is 6.61 Å². The lowest BCUT2D eigenvalue weighted by atomic mass is 10.0. The van der Waals surface area contributed by atoms with Crippen LogP contribution in [0.4, 0.5) is 0 Å². The average molecular weight is 330 g/mol. The first kappa shape index (κ1) is 18.4. The number of ether oxygens (including phenoxy) is 3. The quantitative estimate of drug-likeness (QED) is 0.581. The Hall–Kier alpha value is -1.91. The molecule has 1 heterocycles. The van der Waals surface area contributed by atoms with Gasteiger partial charge in [0.1, 0.15) is 0 Å². The Morgan fingerprint density at radius 1 is 1.29 bits per heavy atom. The summed E-state index contributed by atoms with van der Waals surface area (Å²) < 4.78 is 16.8. The predicted octanol–water partition coefficient (Wildman–Crippen LogP) is 4.12. The summed E-state index contributed by atoms with van der Waals surface area (Å²) in [5, 5.41) is 0. The molecule has 0 saturated carbocycles. The van der Waals surface area contributed by atoms with Gasteiger partial charge in [-0.2, -0.15) is 0 Å². The molecule has 1 aromatic carbocycles. The van der Waals surface area contributed by atoms with Gasteiger partial charge < -0.3 is 14.2 Å². The number of carbonyl (C=O) groups excluding carboxylic acids is 1. The van der Waals surface area contributed by atoms with Crippen molar-refractivity contribution in [1.29, 1.82) is 0 Å². The highest BCUT2D eigenvalue weighted by atomic mass is 16.7. The van der Waals surface area contributed by atoms with E-state index in [-0.39, 0.29) is 18.2 Å². The maximum Gasteiger partial charge on any atom is 0.330 e. The van der Waals surface area contributed by atoms with Crippen LogP contribution in [0.25, 0.3) is 6.08 Å². The first-order valence-electron chi connectivity index (χ1n) is 8.40. The van der Waals surface area contributed by atoms with E-state index >= 15 is 0 Å². The van der Waals surface area contributed by atoms with Crippen molar-refractivity contribution in [3.63, 3.8) is 0 Å². The van der Waals surface area contributed by atoms with Gasteiger partial charge in [-0.3, -0.25) is 0 Å². The summed E-state index contributed by atoms with van der Waals surface area (Å²) in [4.78, 5) is 11.4. The number of rotatable bonds is 6. The van der Waals surface area contributed by atoms with Gasteiger partial charge in [-0.05, 0) is 32.8 Å². The largest absolute Gasteiger partial charge is 0.463 e. The Kier molecular flexibility index (Phi) is 6.76. The molecule has 2 rings (SSSR count). The van der Waals surface area contributed by atoms with Crippen LogP contribution in [-0.4, -0.2) is 30.6 Å². The second kappa shape index (κ2) is 8.81. The summed E-state index contributed by atoms with van der Waals surface area (Å²) in [6.07, 6.45) is 8.80. The van der Waals surface area contributed by atoms with Crippen LogP contribution in [0.2, 0.25) is 0 Å². The van der Waals surface area contributed by atoms with Gasteiger partial charge in [-0.25, -0.2) is 4.79 Å². The highest BCUT2D eigenvalue weighted by molar-refractivity contribution is 5.81. The minimum atomic E-state index is -0.646. The van der Waals surface area contributed by atoms with Crippen LogP contribution in [0.15, 0.2) is 48.6 Å². The van der Waals surface area contributed by atoms with Crippen LogP contribution in [0.1, 0.15) is 39.2 Å². The molecule has 130 valence electrons. The summed E-state index contributed by atoms with van der Waals surface area (Å²) in [6.45, 7) is 6.00. The molecule has 1 aliphatic rings. The van der Waals surface area contributed by atoms with Gasteiger partial charge in [0, 0.05) is 12.5 Å². The van der Waals surface area contributed by atoms with Crippen molar-refractivity contribution < 1.29 is 19.0 Å². The lowest BCUT2D eigenvalue weighted by molar-refractivity contribution is -0.289. The van der Waals surface area contributed by atoms with Crippen LogP contribution in [-0.2, 0) is 19.0 Å². The topological polar surface area (TPSA) is 44.8 Å². The minimum absolute atomic E-state index is 0.00449. The number of esters is 1. The molecule has 0 unspecified atom stereocenters. The zero-order valence-corrected chi connectivity index (χ0v) is 14.6. The molecule has 0 N–H and O–H groups in total. The number of benzene rings is 1. The molecule has 0 bridgehead atoms. The van der Waals surface area contributed by atoms with E-state index in [9.17, 15) is 4.79 Å². The third kappa shape index (κ3) is 6.30. The van der Waals surface area contributed by atoms with Crippen molar-refractivity contribution in [2.45, 2.75) is 51.6 Å². The van der Waals surface area contributed by atoms with E-state index in [1.807, 2.05) is 38.1 Å². The molecule has 0 amide bonds. The maximum atomic E-state index is 11.4. The Morgan fingerprint density at radius 2 is 2.04 bits per heavy atom. The summed E-state index contributed by atoms with van der Waals surface area (Å²) in [5.41, 5.74) is 1.14. The van der Waals surface area contributed by atoms with Gasteiger partial charge >= 0.3 is 5.97 Å². The number of hydrogen-bond acceptors (Lipinski definition) is 4. The SMILES string of the molecule is CCOC(=O)/C=C/C[C@H]1C[C@H](/C=C/c2ccccc2)OC(C)(C)O1. The van der Waals surface area contributed by atoms with E-state index in [4.69, 9.17) is 14.2 Å². The lowest BCUT2D eigenvalue weighted by Gasteiger charge is -2.39. The molecule has 24 heavy (non-hydrogen) atoms. The third-order valence-electron chi connectivity index (χ3n) is 3.62. The van der Waals surface area contributed by atoms with Crippen molar-refractivity contribution in [1.82, 2.24) is 0 Å². The van der Waals surface area contributed by atoms with Gasteiger partial charge in [-0.15, -0.1) is 0 Å². The molecule has 1 fully saturated rings. The molecular formula is C20H26O4. The van der Waals surface area contributed by atoms with Crippen LogP contribution >= 0.6 is 0 Å². The summed E-state index contributed by atoms with van der Waals surface area (Å²) in [5.74, 6) is -0.962. The van der Waals surface area contributed by atoms with Gasteiger partial charge in [0.2, 0.25) is 0 Å². The molecule has 2 atom stereocenters. The Morgan fingerprint density at radius 3 is 2.75 bits per heavy atom. The molecule has 1 aromatic rings. The zero-order chi connectivity index (χ0) is 17.4. The maximum absolute atomic E-state index is 11.4. The molecule has 0 aliphatic carbocycles. The van der Waals surface area contributed by atoms with Crippen LogP contribution in [0, 0.1) is 0 Å². The second-order valence-corrected chi connectivity index (χ2v) is 6.19. The first-order chi connectivity index (χ1) is 11.5. The predicted molar refractivity (Wildman–Crippen MR) is 94.3 cm³/mol. The molecular weight excluding hydrogens is 304 g/mol. The van der Waals surface area contributed by atoms with Crippen LogP contribution < -0.4 is 0 Å². The van der Waals surface area contributed by atoms with E-state index in [0.717, 1.165) is 12.0 Å². The zero-order valence-electron chi connectivity index (χ0n) is 14.6. The fraction of sp³-hybridized carbons (Fsp3) is 0.450. The smallest absolute Gasteiger partial charge is 0.330 e. The van der Waals surface area contributed by atoms with Crippen molar-refractivity contribution in [2.24, 2.45) is 0 Å². The van der Waals surface area contributed by atoms with Crippen LogP contribution in [0.3, 0.4) is 0 Å². The number of carbonyl (C=O) groups is 1. The fourth-order valence-electron chi connectivity index (χ4n) is 2.70. The average Bonchev–Trinajstić information content (AvgIpc) is 2.53. The van der Waals surface area contributed by atoms with Gasteiger partial charge in [0.05, 0.1) is 18.8 Å². The normalized spacial score (nSPS) is 23.6. The molecule has 0 radical (unpaired) electrons. The number of hydrogen-bond donors (Lipinski definition) is 0. The summed E-state index contributed by atoms with van der Waals surface area (Å²) in [7, 11) is 0. The third-order valence-corrected chi connectivity index (χ3v) is 3.62. The van der Waals surface area contributed by atoms with E-state index in [2.05, 4.69) is 24.3 Å². The lowest BCUT2D eigenvalue weighted by Crippen LogP contribution is -2.43. The Bertz CT molecular complexity index is 575. The second-order valence-electron chi connectivity index (χ2n) is 6.19. The Labute approximate surface area is 144 Å².